The van der Waals surface area contributed by atoms with Gasteiger partial charge in [0.25, 0.3) is 5.89 Å². The minimum absolute atomic E-state index is 0.116. The molecule has 29 heavy (non-hydrogen) atoms. The molecule has 11 heteroatoms. The maximum atomic E-state index is 12.4. The maximum absolute atomic E-state index is 12.4. The molecule has 0 aliphatic carbocycles. The van der Waals surface area contributed by atoms with Crippen LogP contribution < -0.4 is 10.1 Å². The number of hydrogen-bond donors (Lipinski definition) is 1. The number of benzene rings is 1. The quantitative estimate of drug-likeness (QED) is 0.731. The van der Waals surface area contributed by atoms with Gasteiger partial charge < -0.3 is 24.1 Å². The number of alkyl halides is 3. The van der Waals surface area contributed by atoms with Crippen molar-refractivity contribution < 1.29 is 31.9 Å². The van der Waals surface area contributed by atoms with E-state index >= 15 is 0 Å². The smallest absolute Gasteiger partial charge is 0.432 e. The predicted octanol–water partition coefficient (Wildman–Crippen LogP) is 2.54. The zero-order chi connectivity index (χ0) is 21.0. The van der Waals surface area contributed by atoms with E-state index in [1.807, 2.05) is 0 Å². The number of ether oxygens (including phenoxy) is 2. The van der Waals surface area contributed by atoms with E-state index in [9.17, 15) is 18.0 Å². The monoisotopic (exact) mass is 410 g/mol. The van der Waals surface area contributed by atoms with Gasteiger partial charge in [-0.3, -0.25) is 4.79 Å². The Balaban J connectivity index is 1.67. The summed E-state index contributed by atoms with van der Waals surface area (Å²) in [4.78, 5) is 17.8. The minimum atomic E-state index is -4.82. The van der Waals surface area contributed by atoms with E-state index in [0.29, 0.717) is 19.6 Å². The molecule has 1 aliphatic heterocycles. The molecule has 1 aromatic heterocycles. The lowest BCUT2D eigenvalue weighted by atomic mass is 10.2. The number of aromatic nitrogens is 1. The first-order valence-corrected chi connectivity index (χ1v) is 8.57. The highest BCUT2D eigenvalue weighted by Crippen LogP contribution is 2.28. The summed E-state index contributed by atoms with van der Waals surface area (Å²) < 4.78 is 51.4. The van der Waals surface area contributed by atoms with Gasteiger partial charge in [-0.15, -0.1) is 13.2 Å². The number of halogens is 3. The number of oxazole rings is 1. The fraction of sp³-hybridized carbons (Fsp3) is 0.389. The molecule has 3 rings (SSSR count). The van der Waals surface area contributed by atoms with Crippen molar-refractivity contribution in [3.05, 3.63) is 36.4 Å². The van der Waals surface area contributed by atoms with E-state index in [1.165, 1.54) is 30.3 Å². The summed E-state index contributed by atoms with van der Waals surface area (Å²) >= 11 is 0. The van der Waals surface area contributed by atoms with Crippen LogP contribution in [0.15, 0.2) is 34.9 Å². The van der Waals surface area contributed by atoms with Crippen LogP contribution in [0.25, 0.3) is 11.3 Å². The summed E-state index contributed by atoms with van der Waals surface area (Å²) in [6, 6.07) is 4.73. The van der Waals surface area contributed by atoms with Gasteiger partial charge in [-0.1, -0.05) is 12.1 Å². The molecule has 1 saturated heterocycles. The second kappa shape index (κ2) is 8.40. The molecule has 2 unspecified atom stereocenters. The molecule has 0 saturated carbocycles. The van der Waals surface area contributed by atoms with Gasteiger partial charge in [-0.25, -0.2) is 4.98 Å². The first-order valence-electron chi connectivity index (χ1n) is 8.57. The van der Waals surface area contributed by atoms with Gasteiger partial charge in [0.05, 0.1) is 18.8 Å². The molecule has 2 aromatic rings. The number of methoxy groups -OCH3 is 1. The van der Waals surface area contributed by atoms with Crippen molar-refractivity contribution in [1.82, 2.24) is 15.2 Å². The van der Waals surface area contributed by atoms with E-state index in [2.05, 4.69) is 21.2 Å². The van der Waals surface area contributed by atoms with Gasteiger partial charge in [0, 0.05) is 25.3 Å². The molecule has 2 atom stereocenters. The molecule has 154 valence electrons. The number of nitriles is 1. The fourth-order valence-corrected chi connectivity index (χ4v) is 3.10. The van der Waals surface area contributed by atoms with Crippen molar-refractivity contribution in [2.24, 2.45) is 0 Å². The molecule has 8 nitrogen and oxygen atoms in total. The van der Waals surface area contributed by atoms with Crippen LogP contribution in [0.5, 0.6) is 5.75 Å². The van der Waals surface area contributed by atoms with Gasteiger partial charge in [-0.2, -0.15) is 5.26 Å². The van der Waals surface area contributed by atoms with E-state index < -0.39 is 18.0 Å². The Morgan fingerprint density at radius 2 is 2.28 bits per heavy atom. The molecule has 1 fully saturated rings. The molecule has 2 heterocycles. The number of amides is 1. The summed E-state index contributed by atoms with van der Waals surface area (Å²) in [6.07, 6.45) is -0.988. The summed E-state index contributed by atoms with van der Waals surface area (Å²) in [5, 5.41) is 11.9. The van der Waals surface area contributed by atoms with E-state index in [0.717, 1.165) is 12.1 Å². The van der Waals surface area contributed by atoms with Crippen LogP contribution in [0.2, 0.25) is 0 Å². The Kier molecular flexibility index (Phi) is 5.93. The Hall–Kier alpha value is -3.26. The molecule has 0 spiro atoms. The Labute approximate surface area is 163 Å². The van der Waals surface area contributed by atoms with Crippen molar-refractivity contribution in [3.8, 4) is 23.3 Å². The maximum Gasteiger partial charge on any atom is 0.573 e. The lowest BCUT2D eigenvalue weighted by Crippen LogP contribution is -2.36. The fourth-order valence-electron chi connectivity index (χ4n) is 3.10. The van der Waals surface area contributed by atoms with Gasteiger partial charge in [0.1, 0.15) is 5.75 Å². The number of likely N-dealkylation sites (tertiary alicyclic amines) is 1. The van der Waals surface area contributed by atoms with E-state index in [-0.39, 0.29) is 29.3 Å². The van der Waals surface area contributed by atoms with E-state index in [4.69, 9.17) is 14.4 Å². The molecule has 1 aliphatic rings. The zero-order valence-corrected chi connectivity index (χ0v) is 15.3. The van der Waals surface area contributed by atoms with Crippen LogP contribution in [0.1, 0.15) is 17.1 Å². The van der Waals surface area contributed by atoms with Crippen LogP contribution in [-0.2, 0) is 4.74 Å². The molecule has 1 aromatic carbocycles. The molecular formula is C18H17F3N4O4. The average molecular weight is 410 g/mol. The van der Waals surface area contributed by atoms with Crippen molar-refractivity contribution in [1.29, 1.82) is 5.26 Å². The van der Waals surface area contributed by atoms with Crippen LogP contribution in [0, 0.1) is 11.5 Å². The standard InChI is InChI=1S/C18H17F3N4O4/c1-27-9-13-6-12(8-25(13)10-22)24-16(26)17-23-7-15(28-17)11-3-2-4-14(5-11)29-18(19,20)21/h2-5,7,12-13H,6,8-9H2,1H3,(H,24,26). The van der Waals surface area contributed by atoms with Crippen LogP contribution in [-0.4, -0.2) is 54.5 Å². The van der Waals surface area contributed by atoms with Gasteiger partial charge in [0.15, 0.2) is 12.0 Å². The van der Waals surface area contributed by atoms with Crippen LogP contribution in [0.4, 0.5) is 13.2 Å². The normalized spacial score (nSPS) is 19.1. The lowest BCUT2D eigenvalue weighted by Gasteiger charge is -2.15. The highest BCUT2D eigenvalue weighted by Gasteiger charge is 2.33. The zero-order valence-electron chi connectivity index (χ0n) is 15.3. The Bertz CT molecular complexity index is 909. The molecule has 0 radical (unpaired) electrons. The SMILES string of the molecule is COCC1CC(NC(=O)c2ncc(-c3cccc(OC(F)(F)F)c3)o2)CN1C#N. The number of rotatable bonds is 6. The molecule has 0 bridgehead atoms. The van der Waals surface area contributed by atoms with Gasteiger partial charge in [-0.05, 0) is 18.6 Å². The van der Waals surface area contributed by atoms with Gasteiger partial charge in [0.2, 0.25) is 0 Å². The highest BCUT2D eigenvalue weighted by atomic mass is 19.4. The summed E-state index contributed by atoms with van der Waals surface area (Å²) in [6.45, 7) is 0.695. The van der Waals surface area contributed by atoms with Crippen LogP contribution >= 0.6 is 0 Å². The molecular weight excluding hydrogens is 393 g/mol. The number of hydrogen-bond acceptors (Lipinski definition) is 7. The van der Waals surface area contributed by atoms with E-state index in [1.54, 1.807) is 0 Å². The summed E-state index contributed by atoms with van der Waals surface area (Å²) in [5.74, 6) is -1.12. The van der Waals surface area contributed by atoms with Gasteiger partial charge >= 0.3 is 12.3 Å². The first kappa shape index (κ1) is 20.5. The topological polar surface area (TPSA) is 101 Å². The van der Waals surface area contributed by atoms with Crippen molar-refractivity contribution in [2.75, 3.05) is 20.3 Å². The number of carbonyl (C=O) groups is 1. The van der Waals surface area contributed by atoms with Crippen LogP contribution in [0.3, 0.4) is 0 Å². The first-order chi connectivity index (χ1) is 13.8. The highest BCUT2D eigenvalue weighted by molar-refractivity contribution is 5.90. The second-order valence-electron chi connectivity index (χ2n) is 6.37. The Morgan fingerprint density at radius 3 is 2.97 bits per heavy atom. The Morgan fingerprint density at radius 1 is 1.48 bits per heavy atom. The van der Waals surface area contributed by atoms with Crippen molar-refractivity contribution in [2.45, 2.75) is 24.9 Å². The second-order valence-corrected chi connectivity index (χ2v) is 6.37. The minimum Gasteiger partial charge on any atom is -0.432 e. The summed E-state index contributed by atoms with van der Waals surface area (Å²) in [7, 11) is 1.53. The lowest BCUT2D eigenvalue weighted by molar-refractivity contribution is -0.274. The number of carbonyl (C=O) groups excluding carboxylic acids is 1. The third kappa shape index (κ3) is 5.17. The predicted molar refractivity (Wildman–Crippen MR) is 92.5 cm³/mol. The average Bonchev–Trinajstić information content (AvgIpc) is 3.28. The third-order valence-electron chi connectivity index (χ3n) is 4.29. The number of nitrogens with zero attached hydrogens (tertiary/aromatic N) is 3. The van der Waals surface area contributed by atoms with Crippen molar-refractivity contribution >= 4 is 5.91 Å². The molecule has 1 amide bonds. The largest absolute Gasteiger partial charge is 0.573 e. The summed E-state index contributed by atoms with van der Waals surface area (Å²) in [5.41, 5.74) is 0.273. The third-order valence-corrected chi connectivity index (χ3v) is 4.29. The van der Waals surface area contributed by atoms with Crippen molar-refractivity contribution in [3.63, 3.8) is 0 Å². The molecule has 1 N–H and O–H groups in total. The number of nitrogens with one attached hydrogen (secondary N) is 1.